The molecule has 5 rings (SSSR count). The molecule has 216 valence electrons. The van der Waals surface area contributed by atoms with E-state index in [1.54, 1.807) is 18.3 Å². The van der Waals surface area contributed by atoms with E-state index >= 15 is 0 Å². The Hall–Kier alpha value is -3.44. The summed E-state index contributed by atoms with van der Waals surface area (Å²) in [6.45, 7) is 0.181. The van der Waals surface area contributed by atoms with Crippen LogP contribution in [0.15, 0.2) is 64.6 Å². The summed E-state index contributed by atoms with van der Waals surface area (Å²) < 4.78 is 81.1. The van der Waals surface area contributed by atoms with Crippen molar-refractivity contribution in [3.8, 4) is 0 Å². The van der Waals surface area contributed by atoms with Gasteiger partial charge in [0.25, 0.3) is 5.91 Å². The van der Waals surface area contributed by atoms with Crippen LogP contribution in [0, 0.1) is 41.0 Å². The number of fused-ring (bicyclic) bond motifs is 2. The van der Waals surface area contributed by atoms with Crippen LogP contribution >= 0.6 is 11.6 Å². The number of benzene rings is 3. The lowest BCUT2D eigenvalue weighted by atomic mass is 9.81. The number of amides is 1. The lowest BCUT2D eigenvalue weighted by molar-refractivity contribution is 0.102. The second kappa shape index (κ2) is 11.8. The molecule has 2 unspecified atom stereocenters. The standard InChI is InChI=1S/C29H25ClF4N2O4S/c30-23-8-5-20(29(37)36-22-12-24(32)27(34)25(33)13-22)11-26(23)41(38,39)28-18-3-4-19(28)10-17(9-18)14-35-40-15-16-1-6-21(31)7-2-16/h1-2,5-8,11-14,17-19,28H,3-4,9-10,15H2,(H,36,37)/b35-14+/t17-,18?,19?,28+. The van der Waals surface area contributed by atoms with Crippen molar-refractivity contribution in [2.24, 2.45) is 22.9 Å². The maximum Gasteiger partial charge on any atom is 0.255 e. The second-order valence-corrected chi connectivity index (χ2v) is 12.8. The number of hydrogen-bond acceptors (Lipinski definition) is 5. The van der Waals surface area contributed by atoms with Crippen LogP contribution in [0.25, 0.3) is 0 Å². The van der Waals surface area contributed by atoms with Crippen LogP contribution in [0.5, 0.6) is 0 Å². The van der Waals surface area contributed by atoms with Gasteiger partial charge in [0.1, 0.15) is 12.4 Å². The summed E-state index contributed by atoms with van der Waals surface area (Å²) in [5.74, 6) is -6.07. The Morgan fingerprint density at radius 2 is 1.61 bits per heavy atom. The lowest BCUT2D eigenvalue weighted by Crippen LogP contribution is -2.38. The van der Waals surface area contributed by atoms with Gasteiger partial charge in [0.2, 0.25) is 0 Å². The van der Waals surface area contributed by atoms with E-state index < -0.39 is 38.4 Å². The van der Waals surface area contributed by atoms with Gasteiger partial charge in [-0.1, -0.05) is 28.9 Å². The van der Waals surface area contributed by atoms with Gasteiger partial charge in [-0.05, 0) is 79.3 Å². The van der Waals surface area contributed by atoms with Gasteiger partial charge in [0, 0.05) is 29.6 Å². The molecule has 0 aliphatic heterocycles. The summed E-state index contributed by atoms with van der Waals surface area (Å²) in [7, 11) is -3.95. The van der Waals surface area contributed by atoms with E-state index in [4.69, 9.17) is 16.4 Å². The highest BCUT2D eigenvalue weighted by Gasteiger charge is 2.49. The van der Waals surface area contributed by atoms with Crippen LogP contribution in [0.1, 0.15) is 41.6 Å². The number of carbonyl (C=O) groups excluding carboxylic acids is 1. The Kier molecular flexibility index (Phi) is 8.37. The first-order chi connectivity index (χ1) is 19.5. The highest BCUT2D eigenvalue weighted by Crippen LogP contribution is 2.49. The molecule has 1 N–H and O–H groups in total. The molecular weight excluding hydrogens is 584 g/mol. The summed E-state index contributed by atoms with van der Waals surface area (Å²) in [5.41, 5.74) is 0.346. The average molecular weight is 609 g/mol. The fourth-order valence-corrected chi connectivity index (χ4v) is 8.68. The van der Waals surface area contributed by atoms with E-state index in [-0.39, 0.29) is 51.3 Å². The summed E-state index contributed by atoms with van der Waals surface area (Å²) in [4.78, 5) is 17.9. The maximum absolute atomic E-state index is 13.8. The minimum absolute atomic E-state index is 0.0243. The van der Waals surface area contributed by atoms with Crippen molar-refractivity contribution in [2.45, 2.75) is 42.4 Å². The van der Waals surface area contributed by atoms with E-state index in [2.05, 4.69) is 10.5 Å². The van der Waals surface area contributed by atoms with Gasteiger partial charge in [-0.15, -0.1) is 0 Å². The largest absolute Gasteiger partial charge is 0.391 e. The van der Waals surface area contributed by atoms with E-state index in [0.29, 0.717) is 25.0 Å². The van der Waals surface area contributed by atoms with Crippen molar-refractivity contribution in [3.05, 3.63) is 94.0 Å². The molecule has 1 amide bonds. The van der Waals surface area contributed by atoms with Crippen LogP contribution in [-0.2, 0) is 21.3 Å². The number of hydrogen-bond donors (Lipinski definition) is 1. The van der Waals surface area contributed by atoms with Crippen molar-refractivity contribution in [1.82, 2.24) is 0 Å². The molecule has 3 aromatic carbocycles. The van der Waals surface area contributed by atoms with E-state index in [0.717, 1.165) is 24.5 Å². The van der Waals surface area contributed by atoms with Crippen LogP contribution in [0.2, 0.25) is 5.02 Å². The molecule has 0 radical (unpaired) electrons. The summed E-state index contributed by atoms with van der Waals surface area (Å²) in [6, 6.07) is 10.9. The third-order valence-electron chi connectivity index (χ3n) is 7.64. The average Bonchev–Trinajstić information content (AvgIpc) is 3.22. The minimum atomic E-state index is -3.95. The molecule has 2 atom stereocenters. The molecular formula is C29H25ClF4N2O4S. The Balaban J connectivity index is 1.27. The van der Waals surface area contributed by atoms with Crippen molar-refractivity contribution >= 4 is 39.2 Å². The zero-order valence-electron chi connectivity index (χ0n) is 21.5. The van der Waals surface area contributed by atoms with E-state index in [1.165, 1.54) is 24.3 Å². The number of nitrogens with one attached hydrogen (secondary N) is 1. The molecule has 41 heavy (non-hydrogen) atoms. The molecule has 0 heterocycles. The molecule has 6 nitrogen and oxygen atoms in total. The topological polar surface area (TPSA) is 84.8 Å². The van der Waals surface area contributed by atoms with Gasteiger partial charge in [-0.3, -0.25) is 4.79 Å². The molecule has 3 aromatic rings. The molecule has 0 aromatic heterocycles. The number of sulfone groups is 1. The SMILES string of the molecule is O=C(Nc1cc(F)c(F)c(F)c1)c1ccc(Cl)c(S(=O)(=O)[C@H]2C3CCC2C[C@H](/C=N/OCc2ccc(F)cc2)C3)c1. The predicted molar refractivity (Wildman–Crippen MR) is 145 cm³/mol. The van der Waals surface area contributed by atoms with Crippen molar-refractivity contribution in [1.29, 1.82) is 0 Å². The number of carbonyl (C=O) groups is 1. The Morgan fingerprint density at radius 1 is 0.976 bits per heavy atom. The summed E-state index contributed by atoms with van der Waals surface area (Å²) in [5, 5.41) is 5.56. The Labute approximate surface area is 239 Å². The molecule has 2 aliphatic rings. The zero-order chi connectivity index (χ0) is 29.3. The van der Waals surface area contributed by atoms with Gasteiger partial charge in [-0.25, -0.2) is 26.0 Å². The molecule has 2 fully saturated rings. The first-order valence-corrected chi connectivity index (χ1v) is 14.8. The fourth-order valence-electron chi connectivity index (χ4n) is 5.81. The normalized spacial score (nSPS) is 22.2. The smallest absolute Gasteiger partial charge is 0.255 e. The first kappa shape index (κ1) is 29.1. The van der Waals surface area contributed by atoms with Crippen molar-refractivity contribution in [2.75, 3.05) is 5.32 Å². The minimum Gasteiger partial charge on any atom is -0.391 e. The molecule has 2 aliphatic carbocycles. The summed E-state index contributed by atoms with van der Waals surface area (Å²) >= 11 is 6.30. The number of anilines is 1. The molecule has 2 saturated carbocycles. The van der Waals surface area contributed by atoms with Crippen LogP contribution in [-0.4, -0.2) is 25.8 Å². The lowest BCUT2D eigenvalue weighted by Gasteiger charge is -2.33. The van der Waals surface area contributed by atoms with Crippen LogP contribution in [0.4, 0.5) is 23.2 Å². The van der Waals surface area contributed by atoms with Gasteiger partial charge < -0.3 is 10.2 Å². The van der Waals surface area contributed by atoms with E-state index in [1.807, 2.05) is 0 Å². The van der Waals surface area contributed by atoms with Gasteiger partial charge in [-0.2, -0.15) is 0 Å². The maximum atomic E-state index is 13.8. The Morgan fingerprint density at radius 3 is 2.24 bits per heavy atom. The molecule has 2 bridgehead atoms. The number of oxime groups is 1. The molecule has 0 saturated heterocycles. The number of halogens is 5. The van der Waals surface area contributed by atoms with Crippen LogP contribution in [0.3, 0.4) is 0 Å². The highest BCUT2D eigenvalue weighted by atomic mass is 35.5. The number of nitrogens with zero attached hydrogens (tertiary/aromatic N) is 1. The van der Waals surface area contributed by atoms with E-state index in [9.17, 15) is 30.8 Å². The zero-order valence-corrected chi connectivity index (χ0v) is 23.1. The van der Waals surface area contributed by atoms with Gasteiger partial charge >= 0.3 is 0 Å². The van der Waals surface area contributed by atoms with Crippen LogP contribution < -0.4 is 5.32 Å². The highest BCUT2D eigenvalue weighted by molar-refractivity contribution is 7.92. The van der Waals surface area contributed by atoms with Gasteiger partial charge in [0.05, 0.1) is 15.2 Å². The monoisotopic (exact) mass is 608 g/mol. The Bertz CT molecular complexity index is 1560. The molecule has 0 spiro atoms. The first-order valence-electron chi connectivity index (χ1n) is 12.9. The number of rotatable bonds is 8. The van der Waals surface area contributed by atoms with Crippen molar-refractivity contribution in [3.63, 3.8) is 0 Å². The fraction of sp³-hybridized carbons (Fsp3) is 0.310. The van der Waals surface area contributed by atoms with Gasteiger partial charge in [0.15, 0.2) is 27.3 Å². The van der Waals surface area contributed by atoms with Crippen molar-refractivity contribution < 1.29 is 35.6 Å². The summed E-state index contributed by atoms with van der Waals surface area (Å²) in [6.07, 6.45) is 4.30. The second-order valence-electron chi connectivity index (χ2n) is 10.3. The third-order valence-corrected chi connectivity index (χ3v) is 10.5. The molecule has 12 heteroatoms. The third kappa shape index (κ3) is 6.25. The predicted octanol–water partition coefficient (Wildman–Crippen LogP) is 6.93. The quantitative estimate of drug-likeness (QED) is 0.130.